The van der Waals surface area contributed by atoms with E-state index in [2.05, 4.69) is 0 Å². The van der Waals surface area contributed by atoms with E-state index >= 15 is 0 Å². The summed E-state index contributed by atoms with van der Waals surface area (Å²) in [5.41, 5.74) is 5.61. The molecule has 114 valence electrons. The van der Waals surface area contributed by atoms with E-state index in [4.69, 9.17) is 10.5 Å². The molecule has 0 radical (unpaired) electrons. The number of ether oxygens (including phenoxy) is 1. The van der Waals surface area contributed by atoms with E-state index in [1.807, 2.05) is 13.8 Å². The first-order valence-electron chi connectivity index (χ1n) is 6.36. The maximum atomic E-state index is 12.6. The van der Waals surface area contributed by atoms with Crippen LogP contribution in [0.3, 0.4) is 0 Å². The Balaban J connectivity index is 3.10. The molecule has 7 heteroatoms. The summed E-state index contributed by atoms with van der Waals surface area (Å²) in [5.74, 6) is 0.0624. The summed E-state index contributed by atoms with van der Waals surface area (Å²) in [5, 5.41) is 9.38. The maximum absolute atomic E-state index is 12.6. The Morgan fingerprint density at radius 1 is 1.40 bits per heavy atom. The lowest BCUT2D eigenvalue weighted by Gasteiger charge is -2.23. The third-order valence-electron chi connectivity index (χ3n) is 2.75. The SMILES string of the molecule is COCCN(CC(C)C)S(=O)(=O)c1ccc(O)c(N)c1. The normalized spacial score (nSPS) is 12.2. The number of phenolic OH excluding ortho intramolecular Hbond substituents is 1. The van der Waals surface area contributed by atoms with Crippen LogP contribution in [-0.2, 0) is 14.8 Å². The number of nitrogen functional groups attached to an aromatic ring is 1. The molecule has 0 aliphatic carbocycles. The lowest BCUT2D eigenvalue weighted by Crippen LogP contribution is -2.36. The standard InChI is InChI=1S/C13H22N2O4S/c1-10(2)9-15(6-7-19-3)20(17,18)11-4-5-13(16)12(14)8-11/h4-5,8,10,16H,6-7,9,14H2,1-3H3. The number of methoxy groups -OCH3 is 1. The summed E-state index contributed by atoms with van der Waals surface area (Å²) < 4.78 is 31.5. The van der Waals surface area contributed by atoms with Crippen LogP contribution in [0.2, 0.25) is 0 Å². The van der Waals surface area contributed by atoms with Crippen LogP contribution >= 0.6 is 0 Å². The average molecular weight is 302 g/mol. The van der Waals surface area contributed by atoms with Crippen molar-refractivity contribution < 1.29 is 18.3 Å². The Hall–Kier alpha value is -1.31. The zero-order chi connectivity index (χ0) is 15.3. The molecule has 0 saturated carbocycles. The Bertz CT molecular complexity index is 543. The van der Waals surface area contributed by atoms with E-state index in [-0.39, 0.29) is 28.8 Å². The quantitative estimate of drug-likeness (QED) is 0.584. The largest absolute Gasteiger partial charge is 0.506 e. The Kier molecular flexibility index (Phi) is 5.79. The minimum atomic E-state index is -3.65. The van der Waals surface area contributed by atoms with Crippen molar-refractivity contribution in [1.82, 2.24) is 4.31 Å². The number of sulfonamides is 1. The van der Waals surface area contributed by atoms with Gasteiger partial charge in [0, 0.05) is 20.2 Å². The number of rotatable bonds is 7. The minimum Gasteiger partial charge on any atom is -0.506 e. The van der Waals surface area contributed by atoms with Crippen LogP contribution in [0.5, 0.6) is 5.75 Å². The second kappa shape index (κ2) is 6.92. The van der Waals surface area contributed by atoms with Crippen molar-refractivity contribution in [3.05, 3.63) is 18.2 Å². The fourth-order valence-electron chi connectivity index (χ4n) is 1.75. The summed E-state index contributed by atoms with van der Waals surface area (Å²) >= 11 is 0. The third-order valence-corrected chi connectivity index (χ3v) is 4.61. The maximum Gasteiger partial charge on any atom is 0.243 e. The van der Waals surface area contributed by atoms with Gasteiger partial charge in [-0.15, -0.1) is 0 Å². The van der Waals surface area contributed by atoms with Crippen LogP contribution in [0.1, 0.15) is 13.8 Å². The Morgan fingerprint density at radius 3 is 2.55 bits per heavy atom. The minimum absolute atomic E-state index is 0.0438. The molecule has 1 aromatic rings. The summed E-state index contributed by atoms with van der Waals surface area (Å²) in [4.78, 5) is 0.0737. The van der Waals surface area contributed by atoms with Crippen molar-refractivity contribution >= 4 is 15.7 Å². The van der Waals surface area contributed by atoms with Crippen molar-refractivity contribution in [1.29, 1.82) is 0 Å². The number of hydrogen-bond acceptors (Lipinski definition) is 5. The van der Waals surface area contributed by atoms with Crippen molar-refractivity contribution in [2.45, 2.75) is 18.7 Å². The molecule has 6 nitrogen and oxygen atoms in total. The topological polar surface area (TPSA) is 92.9 Å². The number of aromatic hydroxyl groups is 1. The number of anilines is 1. The van der Waals surface area contributed by atoms with Crippen molar-refractivity contribution in [2.24, 2.45) is 5.92 Å². The number of nitrogens with zero attached hydrogens (tertiary/aromatic N) is 1. The van der Waals surface area contributed by atoms with E-state index in [0.29, 0.717) is 13.2 Å². The molecule has 1 rings (SSSR count). The van der Waals surface area contributed by atoms with E-state index < -0.39 is 10.0 Å². The molecule has 0 heterocycles. The zero-order valence-corrected chi connectivity index (χ0v) is 12.9. The molecule has 0 unspecified atom stereocenters. The highest BCUT2D eigenvalue weighted by Gasteiger charge is 2.25. The molecule has 0 aliphatic rings. The second-order valence-corrected chi connectivity index (χ2v) is 6.91. The molecular formula is C13H22N2O4S. The van der Waals surface area contributed by atoms with E-state index in [9.17, 15) is 13.5 Å². The van der Waals surface area contributed by atoms with Crippen LogP contribution in [0.25, 0.3) is 0 Å². The fourth-order valence-corrected chi connectivity index (χ4v) is 3.38. The summed E-state index contributed by atoms with van der Waals surface area (Å²) in [6.07, 6.45) is 0. The molecule has 0 aromatic heterocycles. The number of hydrogen-bond donors (Lipinski definition) is 2. The lowest BCUT2D eigenvalue weighted by molar-refractivity contribution is 0.175. The van der Waals surface area contributed by atoms with Gasteiger partial charge in [-0.2, -0.15) is 4.31 Å². The van der Waals surface area contributed by atoms with Crippen molar-refractivity contribution in [3.8, 4) is 5.75 Å². The van der Waals surface area contributed by atoms with Crippen LogP contribution in [0, 0.1) is 5.92 Å². The number of phenols is 1. The van der Waals surface area contributed by atoms with Gasteiger partial charge in [0.1, 0.15) is 5.75 Å². The molecule has 0 amide bonds. The molecular weight excluding hydrogens is 280 g/mol. The van der Waals surface area contributed by atoms with E-state index in [0.717, 1.165) is 0 Å². The first-order valence-corrected chi connectivity index (χ1v) is 7.80. The van der Waals surface area contributed by atoms with Crippen molar-refractivity contribution in [3.63, 3.8) is 0 Å². The van der Waals surface area contributed by atoms with Crippen LogP contribution in [0.4, 0.5) is 5.69 Å². The molecule has 0 bridgehead atoms. The van der Waals surface area contributed by atoms with Crippen LogP contribution in [0.15, 0.2) is 23.1 Å². The fraction of sp³-hybridized carbons (Fsp3) is 0.538. The molecule has 3 N–H and O–H groups in total. The molecule has 1 aromatic carbocycles. The van der Waals surface area contributed by atoms with Gasteiger partial charge >= 0.3 is 0 Å². The lowest BCUT2D eigenvalue weighted by atomic mass is 10.2. The van der Waals surface area contributed by atoms with E-state index in [1.165, 1.54) is 29.6 Å². The summed E-state index contributed by atoms with van der Waals surface area (Å²) in [6, 6.07) is 3.90. The number of benzene rings is 1. The Morgan fingerprint density at radius 2 is 2.05 bits per heavy atom. The van der Waals surface area contributed by atoms with Gasteiger partial charge in [-0.05, 0) is 24.1 Å². The van der Waals surface area contributed by atoms with Crippen LogP contribution in [-0.4, -0.2) is 44.6 Å². The molecule has 0 saturated heterocycles. The average Bonchev–Trinajstić information content (AvgIpc) is 2.37. The van der Waals surface area contributed by atoms with Gasteiger partial charge in [-0.25, -0.2) is 8.42 Å². The van der Waals surface area contributed by atoms with Crippen molar-refractivity contribution in [2.75, 3.05) is 32.5 Å². The smallest absolute Gasteiger partial charge is 0.243 e. The predicted octanol–water partition coefficient (Wildman–Crippen LogP) is 1.27. The molecule has 0 fully saturated rings. The van der Waals surface area contributed by atoms with Gasteiger partial charge in [0.2, 0.25) is 10.0 Å². The van der Waals surface area contributed by atoms with Gasteiger partial charge in [-0.3, -0.25) is 0 Å². The van der Waals surface area contributed by atoms with Gasteiger partial charge in [0.25, 0.3) is 0 Å². The molecule has 0 spiro atoms. The van der Waals surface area contributed by atoms with Gasteiger partial charge in [0.05, 0.1) is 17.2 Å². The second-order valence-electron chi connectivity index (χ2n) is 4.97. The zero-order valence-electron chi connectivity index (χ0n) is 12.0. The first-order chi connectivity index (χ1) is 9.28. The highest BCUT2D eigenvalue weighted by atomic mass is 32.2. The van der Waals surface area contributed by atoms with E-state index in [1.54, 1.807) is 0 Å². The summed E-state index contributed by atoms with van der Waals surface area (Å²) in [7, 11) is -2.12. The summed E-state index contributed by atoms with van der Waals surface area (Å²) in [6.45, 7) is 4.88. The molecule has 0 atom stereocenters. The monoisotopic (exact) mass is 302 g/mol. The third kappa shape index (κ3) is 4.09. The van der Waals surface area contributed by atoms with Crippen LogP contribution < -0.4 is 5.73 Å². The first kappa shape index (κ1) is 16.7. The highest BCUT2D eigenvalue weighted by Crippen LogP contribution is 2.25. The predicted molar refractivity (Wildman–Crippen MR) is 78.0 cm³/mol. The Labute approximate surface area is 120 Å². The van der Waals surface area contributed by atoms with Gasteiger partial charge in [0.15, 0.2) is 0 Å². The highest BCUT2D eigenvalue weighted by molar-refractivity contribution is 7.89. The van der Waals surface area contributed by atoms with Gasteiger partial charge in [-0.1, -0.05) is 13.8 Å². The molecule has 0 aliphatic heterocycles. The van der Waals surface area contributed by atoms with Gasteiger partial charge < -0.3 is 15.6 Å². The molecule has 20 heavy (non-hydrogen) atoms. The number of nitrogens with two attached hydrogens (primary N) is 1.